The fourth-order valence-corrected chi connectivity index (χ4v) is 4.12. The van der Waals surface area contributed by atoms with E-state index in [0.717, 1.165) is 4.21 Å². The van der Waals surface area contributed by atoms with Crippen molar-refractivity contribution >= 4 is 35.3 Å². The molecule has 0 N–H and O–H groups in total. The van der Waals surface area contributed by atoms with E-state index < -0.39 is 0 Å². The second kappa shape index (κ2) is 4.51. The van der Waals surface area contributed by atoms with E-state index in [0.29, 0.717) is 0 Å². The zero-order chi connectivity index (χ0) is 10.8. The minimum absolute atomic E-state index is 1.09. The average molecular weight is 254 g/mol. The molecule has 2 aromatic rings. The molecule has 0 saturated carbocycles. The first-order valence-corrected chi connectivity index (χ1v) is 6.65. The van der Waals surface area contributed by atoms with Crippen molar-refractivity contribution < 1.29 is 0 Å². The lowest BCUT2D eigenvalue weighted by Gasteiger charge is -1.95. The third kappa shape index (κ3) is 2.33. The van der Waals surface area contributed by atoms with Crippen LogP contribution in [0.15, 0.2) is 34.5 Å². The van der Waals surface area contributed by atoms with Crippen LogP contribution in [-0.2, 0) is 0 Å². The number of hydrogen-bond acceptors (Lipinski definition) is 3. The lowest BCUT2D eigenvalue weighted by Crippen LogP contribution is -2.14. The van der Waals surface area contributed by atoms with Crippen LogP contribution in [0.4, 0.5) is 0 Å². The quantitative estimate of drug-likeness (QED) is 0.589. The maximum Gasteiger partial charge on any atom is 0.315 e. The molecule has 2 rings (SSSR count). The van der Waals surface area contributed by atoms with Crippen LogP contribution in [0.5, 0.6) is 0 Å². The van der Waals surface area contributed by atoms with Crippen LogP contribution in [0, 0.1) is 0 Å². The fourth-order valence-electron chi connectivity index (χ4n) is 1.24. The van der Waals surface area contributed by atoms with Crippen LogP contribution in [0.3, 0.4) is 0 Å². The Bertz CT molecular complexity index is 518. The van der Waals surface area contributed by atoms with Crippen molar-refractivity contribution in [2.24, 2.45) is 0 Å². The van der Waals surface area contributed by atoms with Crippen LogP contribution in [0.2, 0.25) is 0 Å². The Morgan fingerprint density at radius 3 is 2.27 bits per heavy atom. The second-order valence-corrected chi connectivity index (χ2v) is 6.37. The molecule has 0 bridgehead atoms. The van der Waals surface area contributed by atoms with Gasteiger partial charge in [0.2, 0.25) is 0 Å². The van der Waals surface area contributed by atoms with Gasteiger partial charge < -0.3 is 0 Å². The van der Waals surface area contributed by atoms with Crippen LogP contribution in [-0.4, -0.2) is 14.1 Å². The molecule has 0 atom stereocenters. The highest BCUT2D eigenvalue weighted by atomic mass is 32.2. The smallest absolute Gasteiger partial charge is 0.217 e. The zero-order valence-electron chi connectivity index (χ0n) is 8.60. The summed E-state index contributed by atoms with van der Waals surface area (Å²) < 4.78 is 4.50. The largest absolute Gasteiger partial charge is 0.315 e. The van der Waals surface area contributed by atoms with Gasteiger partial charge in [0.1, 0.15) is 14.1 Å². The molecule has 1 aromatic heterocycles. The van der Waals surface area contributed by atoms with Crippen molar-refractivity contribution in [2.75, 3.05) is 14.1 Å². The number of nitrogens with zero attached hydrogens (tertiary/aromatic N) is 1. The first-order valence-electron chi connectivity index (χ1n) is 4.57. The molecule has 0 amide bonds. The predicted octanol–water partition coefficient (Wildman–Crippen LogP) is 2.80. The summed E-state index contributed by atoms with van der Waals surface area (Å²) in [6.45, 7) is 0. The number of rotatable bonds is 1. The van der Waals surface area contributed by atoms with Crippen molar-refractivity contribution in [3.8, 4) is 10.4 Å². The van der Waals surface area contributed by atoms with E-state index in [4.69, 9.17) is 0 Å². The summed E-state index contributed by atoms with van der Waals surface area (Å²) in [5.41, 5.74) is 1.25. The van der Waals surface area contributed by atoms with E-state index in [2.05, 4.69) is 55.6 Å². The number of thiol groups is 1. The standard InChI is InChI=1S/C11H11NS3/c1-12(2)11-14-9(10(13)15-11)8-6-4-3-5-7-8/h3-7H,1-2H3/p+1. The fraction of sp³-hybridized carbons (Fsp3) is 0.182. The highest BCUT2D eigenvalue weighted by Crippen LogP contribution is 2.31. The van der Waals surface area contributed by atoms with E-state index in [-0.39, 0.29) is 0 Å². The average Bonchev–Trinajstić information content (AvgIpc) is 2.62. The van der Waals surface area contributed by atoms with Gasteiger partial charge in [-0.15, -0.1) is 12.6 Å². The Hall–Kier alpha value is -0.580. The summed E-state index contributed by atoms with van der Waals surface area (Å²) in [5.74, 6) is 0. The van der Waals surface area contributed by atoms with Crippen LogP contribution >= 0.6 is 35.3 Å². The summed E-state index contributed by atoms with van der Waals surface area (Å²) in [6, 6.07) is 10.4. The summed E-state index contributed by atoms with van der Waals surface area (Å²) >= 11 is 8.04. The summed E-state index contributed by atoms with van der Waals surface area (Å²) in [6.07, 6.45) is 0. The van der Waals surface area contributed by atoms with Gasteiger partial charge in [-0.25, -0.2) is 4.58 Å². The van der Waals surface area contributed by atoms with E-state index in [1.54, 1.807) is 22.7 Å². The number of benzene rings is 1. The monoisotopic (exact) mass is 254 g/mol. The van der Waals surface area contributed by atoms with Crippen molar-refractivity contribution in [1.82, 2.24) is 4.58 Å². The third-order valence-corrected chi connectivity index (χ3v) is 5.37. The van der Waals surface area contributed by atoms with Gasteiger partial charge >= 0.3 is 3.98 Å². The molecule has 0 aliphatic rings. The molecule has 15 heavy (non-hydrogen) atoms. The van der Waals surface area contributed by atoms with Gasteiger partial charge in [-0.05, 0) is 16.9 Å². The molecule has 0 spiro atoms. The minimum Gasteiger partial charge on any atom is -0.217 e. The molecule has 1 heterocycles. The molecule has 78 valence electrons. The molecular formula is C11H12NS3+. The van der Waals surface area contributed by atoms with E-state index in [9.17, 15) is 0 Å². The summed E-state index contributed by atoms with van der Waals surface area (Å²) in [5, 5.41) is 0. The minimum atomic E-state index is 1.09. The van der Waals surface area contributed by atoms with E-state index in [1.807, 2.05) is 6.07 Å². The van der Waals surface area contributed by atoms with Gasteiger partial charge in [-0.3, -0.25) is 0 Å². The van der Waals surface area contributed by atoms with Gasteiger partial charge in [-0.2, -0.15) is 0 Å². The normalized spacial score (nSPS) is 10.3. The molecule has 0 unspecified atom stereocenters. The Balaban J connectivity index is 2.61. The molecule has 1 aromatic carbocycles. The molecule has 4 heteroatoms. The first kappa shape index (κ1) is 10.9. The Morgan fingerprint density at radius 2 is 1.73 bits per heavy atom. The maximum absolute atomic E-state index is 4.53. The van der Waals surface area contributed by atoms with E-state index >= 15 is 0 Å². The topological polar surface area (TPSA) is 3.01 Å². The Labute approximate surface area is 103 Å². The van der Waals surface area contributed by atoms with Gasteiger partial charge in [0.25, 0.3) is 0 Å². The summed E-state index contributed by atoms with van der Waals surface area (Å²) in [7, 11) is 4.12. The predicted molar refractivity (Wildman–Crippen MR) is 72.0 cm³/mol. The zero-order valence-corrected chi connectivity index (χ0v) is 11.1. The van der Waals surface area contributed by atoms with Gasteiger partial charge in [0.05, 0.1) is 9.09 Å². The molecule has 0 radical (unpaired) electrons. The highest BCUT2D eigenvalue weighted by molar-refractivity contribution is 7.83. The Kier molecular flexibility index (Phi) is 3.29. The SMILES string of the molecule is C[N+](C)=c1sc(S)c(-c2ccccc2)s1. The summed E-state index contributed by atoms with van der Waals surface area (Å²) in [4.78, 5) is 1.26. The van der Waals surface area contributed by atoms with Crippen molar-refractivity contribution in [2.45, 2.75) is 4.21 Å². The van der Waals surface area contributed by atoms with Gasteiger partial charge in [-0.1, -0.05) is 41.7 Å². The molecule has 0 fully saturated rings. The molecule has 0 saturated heterocycles. The van der Waals surface area contributed by atoms with Crippen LogP contribution < -0.4 is 8.56 Å². The highest BCUT2D eigenvalue weighted by Gasteiger charge is 2.09. The lowest BCUT2D eigenvalue weighted by atomic mass is 10.2. The number of hydrogen-bond donors (Lipinski definition) is 1. The van der Waals surface area contributed by atoms with Gasteiger partial charge in [0.15, 0.2) is 0 Å². The lowest BCUT2D eigenvalue weighted by molar-refractivity contribution is 0.844. The van der Waals surface area contributed by atoms with Crippen molar-refractivity contribution in [3.05, 3.63) is 34.3 Å². The van der Waals surface area contributed by atoms with Crippen LogP contribution in [0.1, 0.15) is 0 Å². The Morgan fingerprint density at radius 1 is 1.07 bits per heavy atom. The second-order valence-electron chi connectivity index (χ2n) is 3.36. The van der Waals surface area contributed by atoms with E-state index in [1.165, 1.54) is 14.4 Å². The van der Waals surface area contributed by atoms with Crippen LogP contribution in [0.25, 0.3) is 10.4 Å². The first-order chi connectivity index (χ1) is 7.18. The van der Waals surface area contributed by atoms with Crippen molar-refractivity contribution in [1.29, 1.82) is 0 Å². The molecular weight excluding hydrogens is 242 g/mol. The molecule has 0 aliphatic carbocycles. The maximum atomic E-state index is 4.53. The molecule has 0 aliphatic heterocycles. The van der Waals surface area contributed by atoms with Crippen molar-refractivity contribution in [3.63, 3.8) is 0 Å². The molecule has 1 nitrogen and oxygen atoms in total. The van der Waals surface area contributed by atoms with Gasteiger partial charge in [0, 0.05) is 0 Å². The third-order valence-electron chi connectivity index (χ3n) is 1.97.